The Hall–Kier alpha value is -2.14. The Labute approximate surface area is 118 Å². The molecule has 2 heterocycles. The predicted molar refractivity (Wildman–Crippen MR) is 77.0 cm³/mol. The third-order valence-corrected chi connectivity index (χ3v) is 3.48. The molecule has 0 spiro atoms. The fourth-order valence-corrected chi connectivity index (χ4v) is 2.39. The molecule has 5 heteroatoms. The number of hydrogen-bond donors (Lipinski definition) is 1. The zero-order chi connectivity index (χ0) is 13.8. The van der Waals surface area contributed by atoms with Crippen LogP contribution in [0.1, 0.15) is 16.8 Å². The van der Waals surface area contributed by atoms with Gasteiger partial charge in [-0.2, -0.15) is 5.10 Å². The summed E-state index contributed by atoms with van der Waals surface area (Å²) < 4.78 is 1.74. The van der Waals surface area contributed by atoms with Gasteiger partial charge in [0.1, 0.15) is 0 Å². The number of aromatic nitrogens is 2. The highest BCUT2D eigenvalue weighted by Crippen LogP contribution is 2.10. The van der Waals surface area contributed by atoms with Crippen molar-refractivity contribution in [3.05, 3.63) is 48.3 Å². The molecule has 1 N–H and O–H groups in total. The van der Waals surface area contributed by atoms with Gasteiger partial charge in [-0.3, -0.25) is 4.79 Å². The molecule has 0 aliphatic carbocycles. The molecule has 2 aromatic rings. The maximum atomic E-state index is 12.4. The summed E-state index contributed by atoms with van der Waals surface area (Å²) in [5, 5.41) is 7.58. The lowest BCUT2D eigenvalue weighted by atomic mass is 10.3. The Balaban J connectivity index is 1.77. The highest BCUT2D eigenvalue weighted by atomic mass is 16.2. The van der Waals surface area contributed by atoms with Gasteiger partial charge in [0.05, 0.1) is 17.4 Å². The lowest BCUT2D eigenvalue weighted by Crippen LogP contribution is -2.33. The van der Waals surface area contributed by atoms with Crippen LogP contribution in [0.4, 0.5) is 0 Å². The van der Waals surface area contributed by atoms with Gasteiger partial charge in [0.2, 0.25) is 0 Å². The van der Waals surface area contributed by atoms with Gasteiger partial charge < -0.3 is 10.2 Å². The van der Waals surface area contributed by atoms with Crippen LogP contribution in [0.2, 0.25) is 0 Å². The Morgan fingerprint density at radius 2 is 2.00 bits per heavy atom. The summed E-state index contributed by atoms with van der Waals surface area (Å²) in [5.41, 5.74) is 1.61. The molecule has 1 aromatic carbocycles. The molecule has 1 aliphatic heterocycles. The number of carbonyl (C=O) groups excluding carboxylic acids is 1. The molecule has 1 amide bonds. The van der Waals surface area contributed by atoms with Gasteiger partial charge in [-0.15, -0.1) is 0 Å². The lowest BCUT2D eigenvalue weighted by molar-refractivity contribution is 0.0766. The molecule has 3 rings (SSSR count). The highest BCUT2D eigenvalue weighted by molar-refractivity contribution is 5.93. The first-order valence-electron chi connectivity index (χ1n) is 6.95. The predicted octanol–water partition coefficient (Wildman–Crippen LogP) is 1.31. The van der Waals surface area contributed by atoms with Crippen molar-refractivity contribution < 1.29 is 4.79 Å². The van der Waals surface area contributed by atoms with Gasteiger partial charge in [0.15, 0.2) is 0 Å². The molecule has 0 saturated carbocycles. The van der Waals surface area contributed by atoms with Crippen LogP contribution in [-0.4, -0.2) is 46.8 Å². The van der Waals surface area contributed by atoms with Gasteiger partial charge >= 0.3 is 0 Å². The number of carbonyl (C=O) groups is 1. The molecular weight excluding hydrogens is 252 g/mol. The van der Waals surface area contributed by atoms with Crippen molar-refractivity contribution in [2.75, 3.05) is 26.2 Å². The van der Waals surface area contributed by atoms with Crippen LogP contribution < -0.4 is 5.32 Å². The highest BCUT2D eigenvalue weighted by Gasteiger charge is 2.18. The molecule has 0 unspecified atom stereocenters. The van der Waals surface area contributed by atoms with Crippen LogP contribution in [0.25, 0.3) is 5.69 Å². The number of nitrogens with one attached hydrogen (secondary N) is 1. The van der Waals surface area contributed by atoms with Crippen LogP contribution in [0.3, 0.4) is 0 Å². The maximum Gasteiger partial charge on any atom is 0.257 e. The van der Waals surface area contributed by atoms with Crippen molar-refractivity contribution in [3.8, 4) is 5.69 Å². The van der Waals surface area contributed by atoms with Gasteiger partial charge in [-0.05, 0) is 25.1 Å². The Morgan fingerprint density at radius 1 is 1.15 bits per heavy atom. The van der Waals surface area contributed by atoms with Gasteiger partial charge in [0, 0.05) is 25.8 Å². The molecule has 0 atom stereocenters. The molecule has 20 heavy (non-hydrogen) atoms. The maximum absolute atomic E-state index is 12.4. The summed E-state index contributed by atoms with van der Waals surface area (Å²) >= 11 is 0. The summed E-state index contributed by atoms with van der Waals surface area (Å²) in [6, 6.07) is 9.81. The molecule has 104 valence electrons. The molecule has 0 radical (unpaired) electrons. The fourth-order valence-electron chi connectivity index (χ4n) is 2.39. The van der Waals surface area contributed by atoms with E-state index in [-0.39, 0.29) is 5.91 Å². The Bertz CT molecular complexity index is 571. The van der Waals surface area contributed by atoms with E-state index in [9.17, 15) is 4.79 Å². The van der Waals surface area contributed by atoms with Crippen molar-refractivity contribution in [3.63, 3.8) is 0 Å². The van der Waals surface area contributed by atoms with E-state index in [0.29, 0.717) is 5.56 Å². The Morgan fingerprint density at radius 3 is 2.85 bits per heavy atom. The number of para-hydroxylation sites is 1. The van der Waals surface area contributed by atoms with Crippen LogP contribution in [0.15, 0.2) is 42.7 Å². The first-order chi connectivity index (χ1) is 9.84. The van der Waals surface area contributed by atoms with E-state index in [1.54, 1.807) is 17.1 Å². The van der Waals surface area contributed by atoms with E-state index in [2.05, 4.69) is 10.4 Å². The summed E-state index contributed by atoms with van der Waals surface area (Å²) in [4.78, 5) is 14.3. The number of hydrogen-bond acceptors (Lipinski definition) is 3. The van der Waals surface area contributed by atoms with Crippen molar-refractivity contribution in [1.82, 2.24) is 20.0 Å². The minimum atomic E-state index is 0.0656. The molecule has 5 nitrogen and oxygen atoms in total. The second kappa shape index (κ2) is 5.88. The summed E-state index contributed by atoms with van der Waals surface area (Å²) in [6.07, 6.45) is 4.45. The number of benzene rings is 1. The second-order valence-electron chi connectivity index (χ2n) is 4.90. The third kappa shape index (κ3) is 2.72. The van der Waals surface area contributed by atoms with E-state index >= 15 is 0 Å². The minimum Gasteiger partial charge on any atom is -0.337 e. The third-order valence-electron chi connectivity index (χ3n) is 3.48. The van der Waals surface area contributed by atoms with Crippen molar-refractivity contribution in [2.24, 2.45) is 0 Å². The SMILES string of the molecule is O=C(c1cnn(-c2ccccc2)c1)N1CCCNCC1. The normalized spacial score (nSPS) is 15.9. The number of rotatable bonds is 2. The van der Waals surface area contributed by atoms with Gasteiger partial charge in [-0.25, -0.2) is 4.68 Å². The molecule has 1 aliphatic rings. The summed E-state index contributed by atoms with van der Waals surface area (Å²) in [7, 11) is 0. The van der Waals surface area contributed by atoms with E-state index in [1.807, 2.05) is 35.2 Å². The summed E-state index contributed by atoms with van der Waals surface area (Å²) in [6.45, 7) is 3.41. The van der Waals surface area contributed by atoms with Crippen molar-refractivity contribution in [2.45, 2.75) is 6.42 Å². The van der Waals surface area contributed by atoms with Crippen LogP contribution >= 0.6 is 0 Å². The first-order valence-corrected chi connectivity index (χ1v) is 6.95. The topological polar surface area (TPSA) is 50.2 Å². The monoisotopic (exact) mass is 270 g/mol. The smallest absolute Gasteiger partial charge is 0.257 e. The van der Waals surface area contributed by atoms with E-state index < -0.39 is 0 Å². The zero-order valence-corrected chi connectivity index (χ0v) is 11.3. The summed E-state index contributed by atoms with van der Waals surface area (Å²) in [5.74, 6) is 0.0656. The van der Waals surface area contributed by atoms with Crippen molar-refractivity contribution in [1.29, 1.82) is 0 Å². The van der Waals surface area contributed by atoms with Gasteiger partial charge in [-0.1, -0.05) is 18.2 Å². The average molecular weight is 270 g/mol. The first kappa shape index (κ1) is 12.9. The van der Waals surface area contributed by atoms with E-state index in [1.165, 1.54) is 0 Å². The Kier molecular flexibility index (Phi) is 3.78. The molecule has 1 aromatic heterocycles. The fraction of sp³-hybridized carbons (Fsp3) is 0.333. The van der Waals surface area contributed by atoms with E-state index in [4.69, 9.17) is 0 Å². The van der Waals surface area contributed by atoms with Crippen molar-refractivity contribution >= 4 is 5.91 Å². The zero-order valence-electron chi connectivity index (χ0n) is 11.3. The molecule has 0 bridgehead atoms. The van der Waals surface area contributed by atoms with Gasteiger partial charge in [0.25, 0.3) is 5.91 Å². The van der Waals surface area contributed by atoms with Crippen LogP contribution in [0.5, 0.6) is 0 Å². The standard InChI is InChI=1S/C15H18N4O/c20-15(18-9-4-7-16-8-10-18)13-11-17-19(12-13)14-5-2-1-3-6-14/h1-3,5-6,11-12,16H,4,7-10H2. The number of amides is 1. The van der Waals surface area contributed by atoms with Crippen LogP contribution in [0, 0.1) is 0 Å². The van der Waals surface area contributed by atoms with Crippen LogP contribution in [-0.2, 0) is 0 Å². The minimum absolute atomic E-state index is 0.0656. The van der Waals surface area contributed by atoms with E-state index in [0.717, 1.165) is 38.3 Å². The quantitative estimate of drug-likeness (QED) is 0.895. The second-order valence-corrected chi connectivity index (χ2v) is 4.90. The molecule has 1 saturated heterocycles. The molecular formula is C15H18N4O. The lowest BCUT2D eigenvalue weighted by Gasteiger charge is -2.18. The molecule has 1 fully saturated rings. The number of nitrogens with zero attached hydrogens (tertiary/aromatic N) is 3. The average Bonchev–Trinajstić information content (AvgIpc) is 2.83. The largest absolute Gasteiger partial charge is 0.337 e.